The van der Waals surface area contributed by atoms with E-state index in [4.69, 9.17) is 28.2 Å². The number of fused-ring (bicyclic) bond motifs is 1. The largest absolute Gasteiger partial charge is 0.339 e. The van der Waals surface area contributed by atoms with Crippen molar-refractivity contribution < 1.29 is 9.59 Å². The molecule has 0 bridgehead atoms. The summed E-state index contributed by atoms with van der Waals surface area (Å²) in [6.07, 6.45) is 0. The zero-order chi connectivity index (χ0) is 25.6. The number of rotatable bonds is 4. The SMILES string of the molecule is CC(=O)N1CCN(C(=O)C2=C(C(C)C)N3C(=N[C@@H](c4ccc(Cl)cc4)[C@H]3c3ccc(Cl)cc3)S2)CC1. The van der Waals surface area contributed by atoms with Crippen LogP contribution in [0.4, 0.5) is 0 Å². The molecule has 2 amide bonds. The van der Waals surface area contributed by atoms with Gasteiger partial charge in [0.1, 0.15) is 10.9 Å². The van der Waals surface area contributed by atoms with Crippen LogP contribution in [0.15, 0.2) is 64.1 Å². The number of hydrogen-bond acceptors (Lipinski definition) is 5. The molecule has 1 saturated heterocycles. The van der Waals surface area contributed by atoms with Crippen molar-refractivity contribution in [1.29, 1.82) is 0 Å². The van der Waals surface area contributed by atoms with Crippen LogP contribution in [0, 0.1) is 5.92 Å². The number of carbonyl (C=O) groups is 2. The third-order valence-electron chi connectivity index (χ3n) is 6.89. The zero-order valence-corrected chi connectivity index (χ0v) is 22.8. The molecule has 2 aromatic carbocycles. The van der Waals surface area contributed by atoms with Crippen LogP contribution in [0.1, 0.15) is 44.0 Å². The van der Waals surface area contributed by atoms with Crippen LogP contribution in [0.5, 0.6) is 0 Å². The van der Waals surface area contributed by atoms with E-state index in [1.807, 2.05) is 53.4 Å². The Morgan fingerprint density at radius 1 is 0.889 bits per heavy atom. The monoisotopic (exact) mass is 542 g/mol. The van der Waals surface area contributed by atoms with E-state index in [1.165, 1.54) is 11.8 Å². The molecule has 3 aliphatic heterocycles. The minimum absolute atomic E-state index is 0.0156. The Balaban J connectivity index is 1.52. The average molecular weight is 544 g/mol. The average Bonchev–Trinajstić information content (AvgIpc) is 3.41. The third-order valence-corrected chi connectivity index (χ3v) is 8.47. The quantitative estimate of drug-likeness (QED) is 0.493. The number of aliphatic imine (C=N–C) groups is 1. The zero-order valence-electron chi connectivity index (χ0n) is 20.4. The predicted molar refractivity (Wildman–Crippen MR) is 146 cm³/mol. The standard InChI is InChI=1S/C27H28Cl2N4O2S/c1-16(2)23-25(26(35)32-14-12-31(13-15-32)17(3)34)36-27-30-22(18-4-8-20(28)9-5-18)24(33(23)27)19-6-10-21(29)11-7-19/h4-11,16,22,24H,12-15H2,1-3H3/t22-,24+/m0/s1. The Morgan fingerprint density at radius 3 is 1.94 bits per heavy atom. The highest BCUT2D eigenvalue weighted by Crippen LogP contribution is 2.53. The van der Waals surface area contributed by atoms with Crippen LogP contribution in [-0.2, 0) is 9.59 Å². The Hall–Kier alpha value is -2.48. The first-order valence-corrected chi connectivity index (χ1v) is 13.7. The van der Waals surface area contributed by atoms with E-state index in [2.05, 4.69) is 18.7 Å². The lowest BCUT2D eigenvalue weighted by molar-refractivity contribution is -0.135. The molecule has 3 aliphatic rings. The maximum absolute atomic E-state index is 13.7. The summed E-state index contributed by atoms with van der Waals surface area (Å²) in [5, 5.41) is 2.20. The van der Waals surface area contributed by atoms with Gasteiger partial charge in [-0.25, -0.2) is 0 Å². The van der Waals surface area contributed by atoms with E-state index >= 15 is 0 Å². The lowest BCUT2D eigenvalue weighted by atomic mass is 9.92. The number of allylic oxidation sites excluding steroid dienone is 1. The molecule has 188 valence electrons. The highest BCUT2D eigenvalue weighted by atomic mass is 35.5. The summed E-state index contributed by atoms with van der Waals surface area (Å²) in [4.78, 5) is 37.2. The molecule has 1 fully saturated rings. The molecule has 9 heteroatoms. The van der Waals surface area contributed by atoms with Crippen LogP contribution in [0.3, 0.4) is 0 Å². The predicted octanol–water partition coefficient (Wildman–Crippen LogP) is 5.75. The maximum atomic E-state index is 13.7. The second-order valence-electron chi connectivity index (χ2n) is 9.54. The van der Waals surface area contributed by atoms with Gasteiger partial charge in [-0.3, -0.25) is 14.6 Å². The second-order valence-corrected chi connectivity index (χ2v) is 11.4. The minimum atomic E-state index is -0.143. The number of thioether (sulfide) groups is 1. The molecule has 0 radical (unpaired) electrons. The van der Waals surface area contributed by atoms with E-state index in [9.17, 15) is 9.59 Å². The van der Waals surface area contributed by atoms with Crippen molar-refractivity contribution in [3.8, 4) is 0 Å². The van der Waals surface area contributed by atoms with Gasteiger partial charge in [-0.1, -0.05) is 61.3 Å². The van der Waals surface area contributed by atoms with E-state index in [0.717, 1.165) is 26.9 Å². The molecule has 0 saturated carbocycles. The van der Waals surface area contributed by atoms with Crippen molar-refractivity contribution in [2.24, 2.45) is 10.9 Å². The Labute approximate surface area is 225 Å². The topological polar surface area (TPSA) is 56.2 Å². The number of carbonyl (C=O) groups excluding carboxylic acids is 2. The molecular formula is C27H28Cl2N4O2S. The summed E-state index contributed by atoms with van der Waals surface area (Å²) in [7, 11) is 0. The Morgan fingerprint density at radius 2 is 1.42 bits per heavy atom. The lowest BCUT2D eigenvalue weighted by Gasteiger charge is -2.35. The summed E-state index contributed by atoms with van der Waals surface area (Å²) >= 11 is 13.8. The van der Waals surface area contributed by atoms with Crippen molar-refractivity contribution >= 4 is 51.9 Å². The summed E-state index contributed by atoms with van der Waals surface area (Å²) in [5.41, 5.74) is 3.15. The molecule has 2 aromatic rings. The van der Waals surface area contributed by atoms with Gasteiger partial charge in [-0.2, -0.15) is 0 Å². The molecule has 0 aromatic heterocycles. The van der Waals surface area contributed by atoms with E-state index in [1.54, 1.807) is 11.8 Å². The number of hydrogen-bond donors (Lipinski definition) is 0. The van der Waals surface area contributed by atoms with Gasteiger partial charge < -0.3 is 14.7 Å². The number of benzene rings is 2. The van der Waals surface area contributed by atoms with Crippen LogP contribution >= 0.6 is 35.0 Å². The summed E-state index contributed by atoms with van der Waals surface area (Å²) in [6.45, 7) is 8.01. The number of amides is 2. The molecule has 0 spiro atoms. The van der Waals surface area contributed by atoms with Crippen LogP contribution in [0.25, 0.3) is 0 Å². The van der Waals surface area contributed by atoms with E-state index in [-0.39, 0.29) is 29.8 Å². The van der Waals surface area contributed by atoms with Crippen molar-refractivity contribution in [1.82, 2.24) is 14.7 Å². The molecule has 0 aliphatic carbocycles. The van der Waals surface area contributed by atoms with Gasteiger partial charge >= 0.3 is 0 Å². The van der Waals surface area contributed by atoms with Gasteiger partial charge in [0.25, 0.3) is 5.91 Å². The fourth-order valence-electron chi connectivity index (χ4n) is 5.06. The van der Waals surface area contributed by atoms with Crippen molar-refractivity contribution in [2.75, 3.05) is 26.2 Å². The highest BCUT2D eigenvalue weighted by molar-refractivity contribution is 8.18. The molecule has 36 heavy (non-hydrogen) atoms. The van der Waals surface area contributed by atoms with Gasteiger partial charge in [-0.15, -0.1) is 0 Å². The Bertz CT molecular complexity index is 1240. The normalized spacial score (nSPS) is 21.8. The number of halogens is 2. The summed E-state index contributed by atoms with van der Waals surface area (Å²) < 4.78 is 0. The molecule has 0 N–H and O–H groups in total. The summed E-state index contributed by atoms with van der Waals surface area (Å²) in [5.74, 6) is 0.178. The fourth-order valence-corrected chi connectivity index (χ4v) is 6.63. The van der Waals surface area contributed by atoms with Gasteiger partial charge in [0.05, 0.1) is 6.04 Å². The van der Waals surface area contributed by atoms with Crippen molar-refractivity contribution in [3.05, 3.63) is 80.3 Å². The van der Waals surface area contributed by atoms with Crippen LogP contribution < -0.4 is 0 Å². The molecule has 5 rings (SSSR count). The van der Waals surface area contributed by atoms with E-state index in [0.29, 0.717) is 36.2 Å². The number of amidine groups is 1. The van der Waals surface area contributed by atoms with Gasteiger partial charge in [-0.05, 0) is 53.1 Å². The summed E-state index contributed by atoms with van der Waals surface area (Å²) in [6, 6.07) is 15.4. The minimum Gasteiger partial charge on any atom is -0.339 e. The molecular weight excluding hydrogens is 515 g/mol. The molecule has 6 nitrogen and oxygen atoms in total. The van der Waals surface area contributed by atoms with Crippen molar-refractivity contribution in [3.63, 3.8) is 0 Å². The first-order valence-electron chi connectivity index (χ1n) is 12.1. The van der Waals surface area contributed by atoms with Crippen LogP contribution in [-0.4, -0.2) is 57.9 Å². The smallest absolute Gasteiger partial charge is 0.262 e. The number of piperazine rings is 1. The van der Waals surface area contributed by atoms with Gasteiger partial charge in [0.2, 0.25) is 5.91 Å². The first kappa shape index (κ1) is 25.2. The highest BCUT2D eigenvalue weighted by Gasteiger charge is 2.47. The van der Waals surface area contributed by atoms with Gasteiger partial charge in [0.15, 0.2) is 5.17 Å². The third kappa shape index (κ3) is 4.64. The van der Waals surface area contributed by atoms with Crippen molar-refractivity contribution in [2.45, 2.75) is 32.9 Å². The van der Waals surface area contributed by atoms with E-state index < -0.39 is 0 Å². The number of nitrogens with zero attached hydrogens (tertiary/aromatic N) is 4. The molecule has 3 heterocycles. The second kappa shape index (κ2) is 10.1. The first-order chi connectivity index (χ1) is 17.2. The maximum Gasteiger partial charge on any atom is 0.262 e. The van der Waals surface area contributed by atoms with Gasteiger partial charge in [0, 0.05) is 48.8 Å². The fraction of sp³-hybridized carbons (Fsp3) is 0.370. The molecule has 0 unspecified atom stereocenters. The lowest BCUT2D eigenvalue weighted by Crippen LogP contribution is -2.50. The molecule has 2 atom stereocenters. The Kier molecular flexibility index (Phi) is 7.07. The van der Waals surface area contributed by atoms with Crippen LogP contribution in [0.2, 0.25) is 10.0 Å².